The molecule has 0 fully saturated rings. The Kier molecular flexibility index (Phi) is 3.46. The number of methoxy groups -OCH3 is 1. The maximum atomic E-state index is 13.3. The number of benzene rings is 1. The summed E-state index contributed by atoms with van der Waals surface area (Å²) in [4.78, 5) is 0. The Bertz CT molecular complexity index is 368. The van der Waals surface area contributed by atoms with Crippen LogP contribution in [0, 0.1) is 11.2 Å². The van der Waals surface area contributed by atoms with E-state index >= 15 is 0 Å². The Balaban J connectivity index is 3.17. The molecule has 0 saturated heterocycles. The van der Waals surface area contributed by atoms with Gasteiger partial charge in [-0.3, -0.25) is 5.41 Å². The number of nitrogens with one attached hydrogen (secondary N) is 1. The monoisotopic (exact) mass is 260 g/mol. The van der Waals surface area contributed by atoms with Gasteiger partial charge in [-0.1, -0.05) is 15.9 Å². The topological polar surface area (TPSA) is 59.1 Å². The molecule has 14 heavy (non-hydrogen) atoms. The van der Waals surface area contributed by atoms with Gasteiger partial charge >= 0.3 is 0 Å². The highest BCUT2D eigenvalue weighted by molar-refractivity contribution is 9.10. The standard InChI is InChI=1S/C9H10BrFN2O/c1-14-9-5(3-8(12)13)2-6(10)4-7(9)11/h2,4H,3H2,1H3,(H3,12,13). The van der Waals surface area contributed by atoms with Crippen molar-refractivity contribution in [2.24, 2.45) is 5.73 Å². The molecule has 0 unspecified atom stereocenters. The molecule has 0 aromatic heterocycles. The van der Waals surface area contributed by atoms with Crippen molar-refractivity contribution in [3.8, 4) is 5.75 Å². The molecule has 0 atom stereocenters. The Morgan fingerprint density at radius 1 is 1.64 bits per heavy atom. The van der Waals surface area contributed by atoms with Crippen LogP contribution in [-0.2, 0) is 6.42 Å². The first-order valence-electron chi connectivity index (χ1n) is 3.89. The third-order valence-electron chi connectivity index (χ3n) is 1.67. The van der Waals surface area contributed by atoms with Gasteiger partial charge in [0.15, 0.2) is 11.6 Å². The van der Waals surface area contributed by atoms with Gasteiger partial charge in [0.2, 0.25) is 0 Å². The van der Waals surface area contributed by atoms with Crippen LogP contribution in [0.3, 0.4) is 0 Å². The molecule has 0 aliphatic heterocycles. The lowest BCUT2D eigenvalue weighted by Gasteiger charge is -2.09. The van der Waals surface area contributed by atoms with Crippen LogP contribution in [0.1, 0.15) is 5.56 Å². The molecule has 0 aliphatic rings. The maximum absolute atomic E-state index is 13.3. The van der Waals surface area contributed by atoms with Gasteiger partial charge in [0.25, 0.3) is 0 Å². The smallest absolute Gasteiger partial charge is 0.166 e. The van der Waals surface area contributed by atoms with Gasteiger partial charge in [-0.2, -0.15) is 0 Å². The molecule has 76 valence electrons. The lowest BCUT2D eigenvalue weighted by Crippen LogP contribution is -2.13. The molecular weight excluding hydrogens is 251 g/mol. The summed E-state index contributed by atoms with van der Waals surface area (Å²) in [6.07, 6.45) is 0.180. The summed E-state index contributed by atoms with van der Waals surface area (Å²) in [5, 5.41) is 7.13. The van der Waals surface area contributed by atoms with Crippen molar-refractivity contribution in [3.05, 3.63) is 28.0 Å². The fourth-order valence-corrected chi connectivity index (χ4v) is 1.66. The lowest BCUT2D eigenvalue weighted by molar-refractivity contribution is 0.382. The highest BCUT2D eigenvalue weighted by Crippen LogP contribution is 2.27. The summed E-state index contributed by atoms with van der Waals surface area (Å²) < 4.78 is 18.8. The Morgan fingerprint density at radius 3 is 2.79 bits per heavy atom. The summed E-state index contributed by atoms with van der Waals surface area (Å²) in [6, 6.07) is 2.99. The van der Waals surface area contributed by atoms with E-state index in [2.05, 4.69) is 15.9 Å². The average molecular weight is 261 g/mol. The molecule has 1 aromatic carbocycles. The van der Waals surface area contributed by atoms with E-state index in [9.17, 15) is 4.39 Å². The van der Waals surface area contributed by atoms with Crippen molar-refractivity contribution in [2.75, 3.05) is 7.11 Å². The van der Waals surface area contributed by atoms with Crippen molar-refractivity contribution in [1.82, 2.24) is 0 Å². The fourth-order valence-electron chi connectivity index (χ4n) is 1.18. The number of amidine groups is 1. The highest BCUT2D eigenvalue weighted by Gasteiger charge is 2.11. The second-order valence-electron chi connectivity index (χ2n) is 2.78. The Hall–Kier alpha value is -1.10. The van der Waals surface area contributed by atoms with E-state index in [0.29, 0.717) is 10.0 Å². The van der Waals surface area contributed by atoms with E-state index in [4.69, 9.17) is 15.9 Å². The van der Waals surface area contributed by atoms with Crippen molar-refractivity contribution >= 4 is 21.8 Å². The molecular formula is C9H10BrFN2O. The van der Waals surface area contributed by atoms with E-state index < -0.39 is 5.82 Å². The van der Waals surface area contributed by atoms with Crippen LogP contribution in [0.25, 0.3) is 0 Å². The molecule has 0 radical (unpaired) electrons. The van der Waals surface area contributed by atoms with E-state index in [1.54, 1.807) is 6.07 Å². The van der Waals surface area contributed by atoms with Gasteiger partial charge in [-0.25, -0.2) is 4.39 Å². The summed E-state index contributed by atoms with van der Waals surface area (Å²) in [5.41, 5.74) is 5.80. The van der Waals surface area contributed by atoms with Crippen LogP contribution < -0.4 is 10.5 Å². The van der Waals surface area contributed by atoms with Crippen LogP contribution in [0.4, 0.5) is 4.39 Å². The first-order valence-corrected chi connectivity index (χ1v) is 4.68. The second kappa shape index (κ2) is 4.41. The SMILES string of the molecule is COc1c(F)cc(Br)cc1CC(=N)N. The number of hydrogen-bond acceptors (Lipinski definition) is 2. The zero-order valence-corrected chi connectivity index (χ0v) is 9.19. The van der Waals surface area contributed by atoms with Crippen LogP contribution in [0.5, 0.6) is 5.75 Å². The molecule has 0 spiro atoms. The third kappa shape index (κ3) is 2.45. The van der Waals surface area contributed by atoms with Crippen LogP contribution in [0.2, 0.25) is 0 Å². The number of halogens is 2. The molecule has 0 bridgehead atoms. The molecule has 0 amide bonds. The molecule has 0 saturated carbocycles. The predicted molar refractivity (Wildman–Crippen MR) is 56.3 cm³/mol. The Labute approximate surface area is 89.7 Å². The first kappa shape index (κ1) is 11.0. The number of nitrogens with two attached hydrogens (primary N) is 1. The van der Waals surface area contributed by atoms with Gasteiger partial charge in [0.1, 0.15) is 0 Å². The van der Waals surface area contributed by atoms with Crippen molar-refractivity contribution in [2.45, 2.75) is 6.42 Å². The number of rotatable bonds is 3. The Morgan fingerprint density at radius 2 is 2.29 bits per heavy atom. The molecule has 5 heteroatoms. The van der Waals surface area contributed by atoms with Gasteiger partial charge in [-0.15, -0.1) is 0 Å². The van der Waals surface area contributed by atoms with Gasteiger partial charge < -0.3 is 10.5 Å². The number of ether oxygens (including phenoxy) is 1. The van der Waals surface area contributed by atoms with Crippen molar-refractivity contribution in [3.63, 3.8) is 0 Å². The minimum absolute atomic E-state index is 0.0270. The van der Waals surface area contributed by atoms with E-state index in [0.717, 1.165) is 0 Å². The quantitative estimate of drug-likeness (QED) is 0.646. The highest BCUT2D eigenvalue weighted by atomic mass is 79.9. The van der Waals surface area contributed by atoms with E-state index in [1.165, 1.54) is 13.2 Å². The molecule has 1 aromatic rings. The average Bonchev–Trinajstić information content (AvgIpc) is 2.01. The van der Waals surface area contributed by atoms with Gasteiger partial charge in [0, 0.05) is 16.5 Å². The fraction of sp³-hybridized carbons (Fsp3) is 0.222. The molecule has 0 aliphatic carbocycles. The minimum atomic E-state index is -0.460. The molecule has 1 rings (SSSR count). The van der Waals surface area contributed by atoms with E-state index in [-0.39, 0.29) is 18.0 Å². The maximum Gasteiger partial charge on any atom is 0.166 e. The van der Waals surface area contributed by atoms with Crippen LogP contribution in [0.15, 0.2) is 16.6 Å². The van der Waals surface area contributed by atoms with Gasteiger partial charge in [0.05, 0.1) is 12.9 Å². The van der Waals surface area contributed by atoms with Gasteiger partial charge in [-0.05, 0) is 12.1 Å². The molecule has 0 heterocycles. The zero-order chi connectivity index (χ0) is 10.7. The van der Waals surface area contributed by atoms with Crippen molar-refractivity contribution < 1.29 is 9.13 Å². The van der Waals surface area contributed by atoms with Crippen molar-refractivity contribution in [1.29, 1.82) is 5.41 Å². The number of hydrogen-bond donors (Lipinski definition) is 2. The largest absolute Gasteiger partial charge is 0.493 e. The normalized spacial score (nSPS) is 9.93. The molecule has 3 nitrogen and oxygen atoms in total. The predicted octanol–water partition coefficient (Wildman–Crippen LogP) is 2.08. The lowest BCUT2D eigenvalue weighted by atomic mass is 10.1. The first-order chi connectivity index (χ1) is 6.54. The molecule has 3 N–H and O–H groups in total. The summed E-state index contributed by atoms with van der Waals surface area (Å²) >= 11 is 3.16. The minimum Gasteiger partial charge on any atom is -0.493 e. The van der Waals surface area contributed by atoms with Crippen LogP contribution in [-0.4, -0.2) is 12.9 Å². The third-order valence-corrected chi connectivity index (χ3v) is 2.13. The second-order valence-corrected chi connectivity index (χ2v) is 3.70. The summed E-state index contributed by atoms with van der Waals surface area (Å²) in [6.45, 7) is 0. The van der Waals surface area contributed by atoms with E-state index in [1.807, 2.05) is 0 Å². The van der Waals surface area contributed by atoms with Crippen LogP contribution >= 0.6 is 15.9 Å². The summed E-state index contributed by atoms with van der Waals surface area (Å²) in [7, 11) is 1.38. The summed E-state index contributed by atoms with van der Waals surface area (Å²) in [5.74, 6) is -0.345. The zero-order valence-electron chi connectivity index (χ0n) is 7.60.